The highest BCUT2D eigenvalue weighted by atomic mass is 19.4. The van der Waals surface area contributed by atoms with Gasteiger partial charge >= 0.3 is 6.18 Å². The third-order valence-corrected chi connectivity index (χ3v) is 16.9. The monoisotopic (exact) mass is 1050 g/mol. The topological polar surface area (TPSA) is 66.0 Å². The van der Waals surface area contributed by atoms with Crippen molar-refractivity contribution in [3.05, 3.63) is 202 Å². The van der Waals surface area contributed by atoms with Crippen LogP contribution in [0.5, 0.6) is 23.0 Å². The van der Waals surface area contributed by atoms with Gasteiger partial charge < -0.3 is 24.3 Å². The van der Waals surface area contributed by atoms with Crippen molar-refractivity contribution in [1.29, 1.82) is 0 Å². The summed E-state index contributed by atoms with van der Waals surface area (Å²) in [6.45, 7) is 7.74. The summed E-state index contributed by atoms with van der Waals surface area (Å²) in [5, 5.41) is 4.47. The maximum absolute atomic E-state index is 15.3. The first-order chi connectivity index (χ1) is 37.6. The van der Waals surface area contributed by atoms with Crippen LogP contribution in [0.25, 0.3) is 50.2 Å². The molecule has 1 heterocycles. The number of rotatable bonds is 14. The SMILES string of the molecule is CCCCCC1CCC(c2ccc(-c3ccc(C(=O)Nc4ccc(-c5cc6c7c(c8c(c6cc5OC)OC(c5ccc(OC)cc5)(c5ccc(OC)cc5)C=C8)C(C)(C)c5c-7cc(C)cc5C(F)(F)F)cc4)cc3)cc2)CC1. The van der Waals surface area contributed by atoms with Gasteiger partial charge in [-0.2, -0.15) is 13.2 Å². The summed E-state index contributed by atoms with van der Waals surface area (Å²) in [6, 6.07) is 46.8. The van der Waals surface area contributed by atoms with Gasteiger partial charge in [0.2, 0.25) is 0 Å². The lowest BCUT2D eigenvalue weighted by molar-refractivity contribution is -0.138. The number of ether oxygens (including phenoxy) is 4. The molecular weight excluding hydrogens is 980 g/mol. The Morgan fingerprint density at radius 1 is 0.667 bits per heavy atom. The first-order valence-corrected chi connectivity index (χ1v) is 27.4. The number of carbonyl (C=O) groups excluding carboxylic acids is 1. The summed E-state index contributed by atoms with van der Waals surface area (Å²) in [6.07, 6.45) is 9.96. The number of amides is 1. The summed E-state index contributed by atoms with van der Waals surface area (Å²) in [5.41, 5.74) is 8.36. The standard InChI is InChI=1S/C69H66F3NO5/c1-8-9-10-11-43-12-14-44(15-13-43)45-16-18-46(19-17-45)47-20-22-49(23-21-47)66(74)73-52-30-24-48(25-31-52)56-40-57-58(41-61(56)77-7)65-55(64-62(57)59-38-42(2)39-60(69(70,71)72)63(59)67(64,3)4)36-37-68(78-65,50-26-32-53(75-5)33-27-50)51-28-34-54(76-6)35-29-51/h16-41,43-44H,8-15H2,1-7H3,(H,73,74). The number of nitrogens with one attached hydrogen (secondary N) is 1. The molecule has 3 aliphatic rings. The second kappa shape index (κ2) is 20.9. The Balaban J connectivity index is 0.930. The molecule has 0 spiro atoms. The van der Waals surface area contributed by atoms with E-state index in [2.05, 4.69) is 36.5 Å². The van der Waals surface area contributed by atoms with Gasteiger partial charge in [0.25, 0.3) is 5.91 Å². The number of methoxy groups -OCH3 is 3. The van der Waals surface area contributed by atoms with E-state index in [9.17, 15) is 4.79 Å². The van der Waals surface area contributed by atoms with Crippen LogP contribution in [0, 0.1) is 12.8 Å². The Morgan fingerprint density at radius 2 is 1.27 bits per heavy atom. The molecule has 0 saturated heterocycles. The van der Waals surface area contributed by atoms with Crippen molar-refractivity contribution in [2.45, 2.75) is 102 Å². The Hall–Kier alpha value is -7.78. The van der Waals surface area contributed by atoms with E-state index in [1.807, 2.05) is 141 Å². The van der Waals surface area contributed by atoms with E-state index in [1.165, 1.54) is 63.0 Å². The van der Waals surface area contributed by atoms with E-state index in [1.54, 1.807) is 28.3 Å². The molecule has 6 nitrogen and oxygen atoms in total. The van der Waals surface area contributed by atoms with E-state index in [-0.39, 0.29) is 11.5 Å². The van der Waals surface area contributed by atoms with Crippen molar-refractivity contribution >= 4 is 28.4 Å². The maximum atomic E-state index is 15.3. The fourth-order valence-electron chi connectivity index (χ4n) is 12.8. The highest BCUT2D eigenvalue weighted by molar-refractivity contribution is 6.11. The van der Waals surface area contributed by atoms with Gasteiger partial charge in [0, 0.05) is 44.3 Å². The highest BCUT2D eigenvalue weighted by Gasteiger charge is 2.49. The largest absolute Gasteiger partial charge is 0.497 e. The van der Waals surface area contributed by atoms with Gasteiger partial charge in [0.05, 0.1) is 26.9 Å². The molecule has 0 unspecified atom stereocenters. The van der Waals surface area contributed by atoms with Crippen molar-refractivity contribution in [1.82, 2.24) is 0 Å². The van der Waals surface area contributed by atoms with Gasteiger partial charge in [-0.3, -0.25) is 4.79 Å². The predicted molar refractivity (Wildman–Crippen MR) is 308 cm³/mol. The molecule has 0 atom stereocenters. The normalized spacial score (nSPS) is 16.9. The number of fused-ring (bicyclic) bond motifs is 8. The van der Waals surface area contributed by atoms with Crippen LogP contribution in [0.2, 0.25) is 0 Å². The van der Waals surface area contributed by atoms with Crippen molar-refractivity contribution in [2.75, 3.05) is 26.6 Å². The smallest absolute Gasteiger partial charge is 0.416 e. The van der Waals surface area contributed by atoms with E-state index in [0.717, 1.165) is 44.9 Å². The van der Waals surface area contributed by atoms with E-state index in [0.29, 0.717) is 73.2 Å². The lowest BCUT2D eigenvalue weighted by Crippen LogP contribution is -2.35. The van der Waals surface area contributed by atoms with Gasteiger partial charge in [0.1, 0.15) is 23.0 Å². The lowest BCUT2D eigenvalue weighted by Gasteiger charge is -2.38. The van der Waals surface area contributed by atoms with Crippen LogP contribution in [-0.4, -0.2) is 27.2 Å². The zero-order valence-corrected chi connectivity index (χ0v) is 45.5. The van der Waals surface area contributed by atoms with Crippen molar-refractivity contribution < 1.29 is 36.9 Å². The molecule has 0 aromatic heterocycles. The van der Waals surface area contributed by atoms with E-state index >= 15 is 13.2 Å². The maximum Gasteiger partial charge on any atom is 0.416 e. The molecular formula is C69H66F3NO5. The summed E-state index contributed by atoms with van der Waals surface area (Å²) < 4.78 is 70.7. The zero-order chi connectivity index (χ0) is 54.5. The van der Waals surface area contributed by atoms with Gasteiger partial charge in [-0.1, -0.05) is 131 Å². The minimum Gasteiger partial charge on any atom is -0.497 e. The highest BCUT2D eigenvalue weighted by Crippen LogP contribution is 2.61. The Morgan fingerprint density at radius 3 is 1.85 bits per heavy atom. The summed E-state index contributed by atoms with van der Waals surface area (Å²) >= 11 is 0. The molecule has 1 saturated carbocycles. The number of halogens is 3. The Kier molecular flexibility index (Phi) is 14.0. The molecule has 0 radical (unpaired) electrons. The summed E-state index contributed by atoms with van der Waals surface area (Å²) in [7, 11) is 4.84. The van der Waals surface area contributed by atoms with Crippen molar-refractivity contribution in [3.63, 3.8) is 0 Å². The van der Waals surface area contributed by atoms with Crippen LogP contribution in [0.1, 0.15) is 133 Å². The first-order valence-electron chi connectivity index (χ1n) is 27.4. The number of alkyl halides is 3. The zero-order valence-electron chi connectivity index (χ0n) is 45.5. The van der Waals surface area contributed by atoms with Crippen LogP contribution in [0.3, 0.4) is 0 Å². The molecule has 0 bridgehead atoms. The molecule has 78 heavy (non-hydrogen) atoms. The van der Waals surface area contributed by atoms with Gasteiger partial charge in [0.15, 0.2) is 5.60 Å². The van der Waals surface area contributed by atoms with Gasteiger partial charge in [-0.25, -0.2) is 0 Å². The second-order valence-electron chi connectivity index (χ2n) is 22.0. The number of carbonyl (C=O) groups is 1. The second-order valence-corrected chi connectivity index (χ2v) is 22.0. The lowest BCUT2D eigenvalue weighted by atomic mass is 9.75. The van der Waals surface area contributed by atoms with Crippen LogP contribution in [0.4, 0.5) is 18.9 Å². The average molecular weight is 1050 g/mol. The quantitative estimate of drug-likeness (QED) is 0.110. The van der Waals surface area contributed by atoms with Crippen LogP contribution in [-0.2, 0) is 17.2 Å². The fourth-order valence-corrected chi connectivity index (χ4v) is 12.8. The van der Waals surface area contributed by atoms with E-state index < -0.39 is 22.8 Å². The number of hydrogen-bond donors (Lipinski definition) is 1. The van der Waals surface area contributed by atoms with Gasteiger partial charge in [-0.15, -0.1) is 0 Å². The minimum absolute atomic E-state index is 0.224. The Labute approximate surface area is 456 Å². The average Bonchev–Trinajstić information content (AvgIpc) is 3.94. The van der Waals surface area contributed by atoms with Crippen LogP contribution in [0.15, 0.2) is 152 Å². The molecule has 8 aromatic carbocycles. The molecule has 8 aromatic rings. The molecule has 9 heteroatoms. The number of unbranched alkanes of at least 4 members (excludes halogenated alkanes) is 2. The summed E-state index contributed by atoms with van der Waals surface area (Å²) in [5.74, 6) is 3.68. The minimum atomic E-state index is -4.61. The molecule has 1 aliphatic heterocycles. The summed E-state index contributed by atoms with van der Waals surface area (Å²) in [4.78, 5) is 13.7. The fraction of sp³-hybridized carbons (Fsp3) is 0.290. The molecule has 1 fully saturated rings. The van der Waals surface area contributed by atoms with Crippen LogP contribution >= 0.6 is 0 Å². The van der Waals surface area contributed by atoms with Crippen LogP contribution < -0.4 is 24.3 Å². The molecule has 2 aliphatic carbocycles. The third-order valence-electron chi connectivity index (χ3n) is 16.9. The number of anilines is 1. The molecule has 1 amide bonds. The molecule has 11 rings (SSSR count). The first kappa shape index (κ1) is 52.3. The van der Waals surface area contributed by atoms with Crippen molar-refractivity contribution in [2.24, 2.45) is 5.92 Å². The number of hydrogen-bond acceptors (Lipinski definition) is 5. The van der Waals surface area contributed by atoms with Crippen molar-refractivity contribution in [3.8, 4) is 56.4 Å². The Bertz CT molecular complexity index is 3510. The predicted octanol–water partition coefficient (Wildman–Crippen LogP) is 18.3. The molecule has 398 valence electrons. The third kappa shape index (κ3) is 9.49. The number of benzene rings is 8. The van der Waals surface area contributed by atoms with E-state index in [4.69, 9.17) is 18.9 Å². The van der Waals surface area contributed by atoms with Gasteiger partial charge in [-0.05, 0) is 173 Å². The molecule has 1 N–H and O–H groups in total. The number of aryl methyl sites for hydroxylation is 1.